The van der Waals surface area contributed by atoms with E-state index in [2.05, 4.69) is 15.9 Å². The van der Waals surface area contributed by atoms with Crippen LogP contribution in [0.4, 0.5) is 24.5 Å². The van der Waals surface area contributed by atoms with Crippen molar-refractivity contribution in [2.24, 2.45) is 11.8 Å². The topological polar surface area (TPSA) is 57.7 Å². The Morgan fingerprint density at radius 1 is 0.921 bits per heavy atom. The SMILES string of the molecule is O=C(c1ccc(Br)cc1)C1C2C(=O)N(c3cccc(C(F)(F)F)c3)C(=O)C2C2C=Cc3cc(Cl)ccc3N21. The fourth-order valence-electron chi connectivity index (χ4n) is 5.70. The molecule has 0 saturated carbocycles. The van der Waals surface area contributed by atoms with E-state index in [9.17, 15) is 27.6 Å². The van der Waals surface area contributed by atoms with Gasteiger partial charge in [-0.15, -0.1) is 0 Å². The Balaban J connectivity index is 1.48. The minimum atomic E-state index is -4.65. The summed E-state index contributed by atoms with van der Waals surface area (Å²) >= 11 is 9.53. The van der Waals surface area contributed by atoms with Gasteiger partial charge in [0.2, 0.25) is 11.8 Å². The first-order valence-electron chi connectivity index (χ1n) is 11.7. The van der Waals surface area contributed by atoms with Gasteiger partial charge in [-0.3, -0.25) is 14.4 Å². The number of anilines is 2. The van der Waals surface area contributed by atoms with E-state index in [1.54, 1.807) is 59.5 Å². The number of imide groups is 1. The van der Waals surface area contributed by atoms with Gasteiger partial charge in [-0.25, -0.2) is 4.90 Å². The Hall–Kier alpha value is -3.43. The zero-order chi connectivity index (χ0) is 26.9. The highest BCUT2D eigenvalue weighted by atomic mass is 79.9. The van der Waals surface area contributed by atoms with Crippen LogP contribution < -0.4 is 9.80 Å². The van der Waals surface area contributed by atoms with Gasteiger partial charge in [0, 0.05) is 20.7 Å². The molecule has 3 aromatic rings. The van der Waals surface area contributed by atoms with Gasteiger partial charge in [0.15, 0.2) is 5.78 Å². The molecule has 0 aromatic heterocycles. The van der Waals surface area contributed by atoms with E-state index >= 15 is 0 Å². The quantitative estimate of drug-likeness (QED) is 0.258. The van der Waals surface area contributed by atoms with E-state index in [0.29, 0.717) is 16.3 Å². The molecular formula is C28H17BrClF3N2O3. The Kier molecular flexibility index (Phi) is 5.77. The molecule has 0 spiro atoms. The molecule has 4 atom stereocenters. The van der Waals surface area contributed by atoms with Crippen molar-refractivity contribution >= 4 is 62.6 Å². The Morgan fingerprint density at radius 3 is 2.34 bits per heavy atom. The third-order valence-electron chi connectivity index (χ3n) is 7.30. The number of halogens is 5. The fraction of sp³-hybridized carbons (Fsp3) is 0.179. The van der Waals surface area contributed by atoms with Gasteiger partial charge in [-0.2, -0.15) is 13.2 Å². The molecular weight excluding hydrogens is 585 g/mol. The molecule has 3 aromatic carbocycles. The summed E-state index contributed by atoms with van der Waals surface area (Å²) in [6.07, 6.45) is -1.10. The van der Waals surface area contributed by atoms with Crippen molar-refractivity contribution in [2.75, 3.05) is 9.80 Å². The summed E-state index contributed by atoms with van der Waals surface area (Å²) in [5.41, 5.74) is 0.591. The van der Waals surface area contributed by atoms with E-state index in [4.69, 9.17) is 11.6 Å². The highest BCUT2D eigenvalue weighted by molar-refractivity contribution is 9.10. The van der Waals surface area contributed by atoms with Crippen molar-refractivity contribution in [3.05, 3.63) is 99.0 Å². The monoisotopic (exact) mass is 600 g/mol. The van der Waals surface area contributed by atoms with E-state index in [0.717, 1.165) is 33.1 Å². The van der Waals surface area contributed by atoms with Crippen LogP contribution in [-0.2, 0) is 15.8 Å². The van der Waals surface area contributed by atoms with Crippen molar-refractivity contribution in [3.8, 4) is 0 Å². The molecule has 2 fully saturated rings. The number of alkyl halides is 3. The van der Waals surface area contributed by atoms with Gasteiger partial charge in [-0.1, -0.05) is 57.9 Å². The van der Waals surface area contributed by atoms with Crippen molar-refractivity contribution in [1.29, 1.82) is 0 Å². The largest absolute Gasteiger partial charge is 0.416 e. The van der Waals surface area contributed by atoms with Crippen LogP contribution in [0.25, 0.3) is 6.08 Å². The molecule has 38 heavy (non-hydrogen) atoms. The summed E-state index contributed by atoms with van der Waals surface area (Å²) in [5, 5.41) is 0.491. The summed E-state index contributed by atoms with van der Waals surface area (Å²) in [6.45, 7) is 0. The Labute approximate surface area is 228 Å². The molecule has 4 unspecified atom stereocenters. The predicted octanol–water partition coefficient (Wildman–Crippen LogP) is 6.39. The predicted molar refractivity (Wildman–Crippen MR) is 140 cm³/mol. The second kappa shape index (κ2) is 8.81. The number of rotatable bonds is 3. The molecule has 2 saturated heterocycles. The number of Topliss-reactive ketones (excluding diaryl/α,β-unsaturated/α-hetero) is 1. The molecule has 192 valence electrons. The van der Waals surface area contributed by atoms with Crippen LogP contribution in [0.2, 0.25) is 5.02 Å². The Morgan fingerprint density at radius 2 is 1.63 bits per heavy atom. The lowest BCUT2D eigenvalue weighted by molar-refractivity contribution is -0.137. The summed E-state index contributed by atoms with van der Waals surface area (Å²) in [4.78, 5) is 44.2. The molecule has 0 radical (unpaired) electrons. The lowest BCUT2D eigenvalue weighted by Gasteiger charge is -2.36. The number of fused-ring (bicyclic) bond motifs is 5. The van der Waals surface area contributed by atoms with Gasteiger partial charge >= 0.3 is 6.18 Å². The van der Waals surface area contributed by atoms with Crippen LogP contribution in [0.5, 0.6) is 0 Å². The third-order valence-corrected chi connectivity index (χ3v) is 8.06. The number of amides is 2. The molecule has 0 bridgehead atoms. The smallest absolute Gasteiger partial charge is 0.352 e. The normalized spacial score (nSPS) is 23.9. The maximum absolute atomic E-state index is 14.0. The number of benzene rings is 3. The zero-order valence-corrected chi connectivity index (χ0v) is 21.7. The second-order valence-corrected chi connectivity index (χ2v) is 10.7. The molecule has 5 nitrogen and oxygen atoms in total. The zero-order valence-electron chi connectivity index (χ0n) is 19.3. The van der Waals surface area contributed by atoms with Crippen LogP contribution in [0, 0.1) is 11.8 Å². The van der Waals surface area contributed by atoms with Crippen molar-refractivity contribution in [3.63, 3.8) is 0 Å². The van der Waals surface area contributed by atoms with E-state index in [-0.39, 0.29) is 11.5 Å². The first-order chi connectivity index (χ1) is 18.1. The van der Waals surface area contributed by atoms with E-state index in [1.807, 2.05) is 0 Å². The van der Waals surface area contributed by atoms with Gasteiger partial charge < -0.3 is 4.90 Å². The number of carbonyl (C=O) groups is 3. The number of carbonyl (C=O) groups excluding carboxylic acids is 3. The molecule has 3 heterocycles. The van der Waals surface area contributed by atoms with Crippen LogP contribution in [-0.4, -0.2) is 29.7 Å². The molecule has 10 heteroatoms. The number of hydrogen-bond donors (Lipinski definition) is 0. The van der Waals surface area contributed by atoms with E-state index < -0.39 is 47.5 Å². The molecule has 3 aliphatic rings. The molecule has 2 amide bonds. The van der Waals surface area contributed by atoms with Crippen LogP contribution in [0.1, 0.15) is 21.5 Å². The highest BCUT2D eigenvalue weighted by Crippen LogP contribution is 2.50. The number of ketones is 1. The molecule has 0 N–H and O–H groups in total. The Bertz CT molecular complexity index is 1540. The summed E-state index contributed by atoms with van der Waals surface area (Å²) < 4.78 is 40.9. The van der Waals surface area contributed by atoms with Crippen molar-refractivity contribution in [2.45, 2.75) is 18.3 Å². The van der Waals surface area contributed by atoms with Crippen LogP contribution in [0.15, 0.2) is 77.3 Å². The summed E-state index contributed by atoms with van der Waals surface area (Å²) in [5.74, 6) is -3.75. The first-order valence-corrected chi connectivity index (χ1v) is 12.8. The molecule has 0 aliphatic carbocycles. The standard InChI is InChI=1S/C28H17BrClF3N2O3/c29-17-7-4-14(5-8-17)25(36)24-23-22(21-10-6-15-12-18(30)9-11-20(15)35(21)24)26(37)34(27(23)38)19-3-1-2-16(13-19)28(31,32)33/h1-13,21-24H. The average Bonchev–Trinajstić information content (AvgIpc) is 3.36. The second-order valence-electron chi connectivity index (χ2n) is 9.39. The fourth-order valence-corrected chi connectivity index (χ4v) is 6.15. The minimum Gasteiger partial charge on any atom is -0.352 e. The van der Waals surface area contributed by atoms with Gasteiger partial charge in [0.1, 0.15) is 6.04 Å². The van der Waals surface area contributed by atoms with Gasteiger partial charge in [0.25, 0.3) is 0 Å². The molecule has 6 rings (SSSR count). The maximum atomic E-state index is 14.0. The maximum Gasteiger partial charge on any atom is 0.416 e. The number of nitrogens with zero attached hydrogens (tertiary/aromatic N) is 2. The highest BCUT2D eigenvalue weighted by Gasteiger charge is 2.64. The van der Waals surface area contributed by atoms with Crippen molar-refractivity contribution < 1.29 is 27.6 Å². The summed E-state index contributed by atoms with van der Waals surface area (Å²) in [7, 11) is 0. The minimum absolute atomic E-state index is 0.169. The molecule has 3 aliphatic heterocycles. The lowest BCUT2D eigenvalue weighted by atomic mass is 9.86. The van der Waals surface area contributed by atoms with Crippen LogP contribution in [0.3, 0.4) is 0 Å². The lowest BCUT2D eigenvalue weighted by Crippen LogP contribution is -2.48. The van der Waals surface area contributed by atoms with Crippen molar-refractivity contribution in [1.82, 2.24) is 0 Å². The van der Waals surface area contributed by atoms with Crippen LogP contribution >= 0.6 is 27.5 Å². The van der Waals surface area contributed by atoms with Gasteiger partial charge in [-0.05, 0) is 54.1 Å². The first kappa shape index (κ1) is 24.9. The van der Waals surface area contributed by atoms with E-state index in [1.165, 1.54) is 6.07 Å². The number of hydrogen-bond acceptors (Lipinski definition) is 4. The average molecular weight is 602 g/mol. The summed E-state index contributed by atoms with van der Waals surface area (Å²) in [6, 6.07) is 14.2. The van der Waals surface area contributed by atoms with Gasteiger partial charge in [0.05, 0.1) is 29.1 Å². The third kappa shape index (κ3) is 3.79.